The van der Waals surface area contributed by atoms with E-state index in [0.29, 0.717) is 6.61 Å². The van der Waals surface area contributed by atoms with E-state index in [1.807, 2.05) is 19.1 Å². The lowest BCUT2D eigenvalue weighted by atomic mass is 10.1. The van der Waals surface area contributed by atoms with E-state index in [2.05, 4.69) is 41.9 Å². The number of benzene rings is 2. The van der Waals surface area contributed by atoms with Crippen LogP contribution in [0.3, 0.4) is 0 Å². The summed E-state index contributed by atoms with van der Waals surface area (Å²) in [6.45, 7) is 2.71. The largest absolute Gasteiger partial charge is 0.493 e. The van der Waals surface area contributed by atoms with E-state index >= 15 is 0 Å². The molecule has 0 spiro atoms. The molecule has 1 aromatic heterocycles. The predicted molar refractivity (Wildman–Crippen MR) is 71.6 cm³/mol. The van der Waals surface area contributed by atoms with Gasteiger partial charge in [0.05, 0.1) is 12.1 Å². The standard InChI is InChI=1S/C15H15NO/c1-3-17-14-10-6-9-13-15(14)11-7-4-5-8-12(11)16(13)2/h4-10H,3H2,1-2H3. The highest BCUT2D eigenvalue weighted by molar-refractivity contribution is 6.11. The molecule has 0 aliphatic heterocycles. The van der Waals surface area contributed by atoms with Gasteiger partial charge in [-0.3, -0.25) is 0 Å². The van der Waals surface area contributed by atoms with Crippen molar-refractivity contribution in [3.8, 4) is 5.75 Å². The summed E-state index contributed by atoms with van der Waals surface area (Å²) in [7, 11) is 2.10. The maximum atomic E-state index is 5.73. The summed E-state index contributed by atoms with van der Waals surface area (Å²) < 4.78 is 7.94. The topological polar surface area (TPSA) is 14.2 Å². The number of hydrogen-bond acceptors (Lipinski definition) is 1. The van der Waals surface area contributed by atoms with Crippen molar-refractivity contribution in [3.05, 3.63) is 42.5 Å². The zero-order chi connectivity index (χ0) is 11.8. The van der Waals surface area contributed by atoms with Crippen LogP contribution < -0.4 is 4.74 Å². The Balaban J connectivity index is 2.49. The lowest BCUT2D eigenvalue weighted by Crippen LogP contribution is -1.92. The molecule has 0 saturated heterocycles. The summed E-state index contributed by atoms with van der Waals surface area (Å²) >= 11 is 0. The van der Waals surface area contributed by atoms with Crippen LogP contribution in [0.25, 0.3) is 21.8 Å². The molecule has 0 aliphatic carbocycles. The number of ether oxygens (including phenoxy) is 1. The number of para-hydroxylation sites is 1. The molecule has 0 radical (unpaired) electrons. The van der Waals surface area contributed by atoms with E-state index < -0.39 is 0 Å². The first-order valence-electron chi connectivity index (χ1n) is 5.92. The molecule has 3 rings (SSSR count). The van der Waals surface area contributed by atoms with Crippen LogP contribution in [-0.4, -0.2) is 11.2 Å². The molecule has 2 heteroatoms. The molecule has 17 heavy (non-hydrogen) atoms. The van der Waals surface area contributed by atoms with Crippen molar-refractivity contribution in [2.45, 2.75) is 6.92 Å². The van der Waals surface area contributed by atoms with Gasteiger partial charge in [0.1, 0.15) is 5.75 Å². The van der Waals surface area contributed by atoms with Gasteiger partial charge in [-0.1, -0.05) is 24.3 Å². The van der Waals surface area contributed by atoms with Crippen LogP contribution in [0.5, 0.6) is 5.75 Å². The summed E-state index contributed by atoms with van der Waals surface area (Å²) in [6.07, 6.45) is 0. The SMILES string of the molecule is CCOc1cccc2c1c1ccccc1n2C. The molecule has 0 bridgehead atoms. The average Bonchev–Trinajstić information content (AvgIpc) is 2.66. The second-order valence-corrected chi connectivity index (χ2v) is 4.16. The van der Waals surface area contributed by atoms with E-state index in [4.69, 9.17) is 4.74 Å². The quantitative estimate of drug-likeness (QED) is 0.648. The predicted octanol–water partition coefficient (Wildman–Crippen LogP) is 3.73. The first kappa shape index (κ1) is 10.2. The highest BCUT2D eigenvalue weighted by atomic mass is 16.5. The van der Waals surface area contributed by atoms with Gasteiger partial charge < -0.3 is 9.30 Å². The zero-order valence-corrected chi connectivity index (χ0v) is 10.1. The Kier molecular flexibility index (Phi) is 2.29. The minimum atomic E-state index is 0.697. The number of rotatable bonds is 2. The third-order valence-corrected chi connectivity index (χ3v) is 3.20. The molecular weight excluding hydrogens is 210 g/mol. The number of aromatic nitrogens is 1. The molecule has 0 fully saturated rings. The van der Waals surface area contributed by atoms with Crippen molar-refractivity contribution in [2.75, 3.05) is 6.61 Å². The van der Waals surface area contributed by atoms with Gasteiger partial charge in [-0.2, -0.15) is 0 Å². The minimum absolute atomic E-state index is 0.697. The fourth-order valence-electron chi connectivity index (χ4n) is 2.45. The number of nitrogens with zero attached hydrogens (tertiary/aromatic N) is 1. The first-order chi connectivity index (χ1) is 8.33. The molecule has 0 unspecified atom stereocenters. The van der Waals surface area contributed by atoms with E-state index in [1.54, 1.807) is 0 Å². The molecule has 3 aromatic rings. The Morgan fingerprint density at radius 2 is 1.76 bits per heavy atom. The van der Waals surface area contributed by atoms with Gasteiger partial charge in [-0.15, -0.1) is 0 Å². The van der Waals surface area contributed by atoms with Crippen molar-refractivity contribution < 1.29 is 4.74 Å². The molecule has 86 valence electrons. The van der Waals surface area contributed by atoms with Crippen molar-refractivity contribution in [2.24, 2.45) is 7.05 Å². The molecule has 0 aliphatic rings. The third-order valence-electron chi connectivity index (χ3n) is 3.20. The van der Waals surface area contributed by atoms with Crippen LogP contribution in [0.2, 0.25) is 0 Å². The molecule has 1 heterocycles. The highest BCUT2D eigenvalue weighted by Gasteiger charge is 2.11. The van der Waals surface area contributed by atoms with Gasteiger partial charge in [0, 0.05) is 23.3 Å². The lowest BCUT2D eigenvalue weighted by molar-refractivity contribution is 0.344. The molecule has 0 atom stereocenters. The fraction of sp³-hybridized carbons (Fsp3) is 0.200. The van der Waals surface area contributed by atoms with Crippen LogP contribution >= 0.6 is 0 Å². The van der Waals surface area contributed by atoms with Crippen LogP contribution in [-0.2, 0) is 7.05 Å². The Bertz CT molecular complexity index is 682. The van der Waals surface area contributed by atoms with Gasteiger partial charge in [-0.05, 0) is 25.1 Å². The Hall–Kier alpha value is -1.96. The van der Waals surface area contributed by atoms with Gasteiger partial charge >= 0.3 is 0 Å². The molecule has 0 saturated carbocycles. The molecule has 2 aromatic carbocycles. The summed E-state index contributed by atoms with van der Waals surface area (Å²) in [5.74, 6) is 0.974. The summed E-state index contributed by atoms with van der Waals surface area (Å²) in [4.78, 5) is 0. The van der Waals surface area contributed by atoms with Crippen LogP contribution in [0, 0.1) is 0 Å². The zero-order valence-electron chi connectivity index (χ0n) is 10.1. The van der Waals surface area contributed by atoms with Crippen molar-refractivity contribution >= 4 is 21.8 Å². The summed E-state index contributed by atoms with van der Waals surface area (Å²) in [6, 6.07) is 14.7. The molecule has 2 nitrogen and oxygen atoms in total. The highest BCUT2D eigenvalue weighted by Crippen LogP contribution is 2.34. The monoisotopic (exact) mass is 225 g/mol. The van der Waals surface area contributed by atoms with Gasteiger partial charge in [0.25, 0.3) is 0 Å². The summed E-state index contributed by atoms with van der Waals surface area (Å²) in [5.41, 5.74) is 2.46. The second-order valence-electron chi connectivity index (χ2n) is 4.16. The number of hydrogen-bond donors (Lipinski definition) is 0. The maximum Gasteiger partial charge on any atom is 0.129 e. The number of aryl methyl sites for hydroxylation is 1. The Morgan fingerprint density at radius 1 is 1.00 bits per heavy atom. The van der Waals surface area contributed by atoms with Crippen molar-refractivity contribution in [1.29, 1.82) is 0 Å². The van der Waals surface area contributed by atoms with Crippen LogP contribution in [0.1, 0.15) is 6.92 Å². The molecule has 0 N–H and O–H groups in total. The van der Waals surface area contributed by atoms with Crippen LogP contribution in [0.4, 0.5) is 0 Å². The van der Waals surface area contributed by atoms with E-state index in [9.17, 15) is 0 Å². The second kappa shape index (κ2) is 3.81. The third kappa shape index (κ3) is 1.41. The van der Waals surface area contributed by atoms with Crippen LogP contribution in [0.15, 0.2) is 42.5 Å². The fourth-order valence-corrected chi connectivity index (χ4v) is 2.45. The van der Waals surface area contributed by atoms with Crippen molar-refractivity contribution in [3.63, 3.8) is 0 Å². The van der Waals surface area contributed by atoms with E-state index in [0.717, 1.165) is 5.75 Å². The average molecular weight is 225 g/mol. The number of fused-ring (bicyclic) bond motifs is 3. The van der Waals surface area contributed by atoms with Crippen molar-refractivity contribution in [1.82, 2.24) is 4.57 Å². The Labute approximate surface area is 100 Å². The minimum Gasteiger partial charge on any atom is -0.493 e. The first-order valence-corrected chi connectivity index (χ1v) is 5.92. The smallest absolute Gasteiger partial charge is 0.129 e. The van der Waals surface area contributed by atoms with Gasteiger partial charge in [-0.25, -0.2) is 0 Å². The summed E-state index contributed by atoms with van der Waals surface area (Å²) in [5, 5.41) is 2.47. The molecule has 0 amide bonds. The normalized spacial score (nSPS) is 11.2. The Morgan fingerprint density at radius 3 is 2.59 bits per heavy atom. The van der Waals surface area contributed by atoms with E-state index in [1.165, 1.54) is 21.8 Å². The van der Waals surface area contributed by atoms with Gasteiger partial charge in [0.15, 0.2) is 0 Å². The maximum absolute atomic E-state index is 5.73. The van der Waals surface area contributed by atoms with Gasteiger partial charge in [0.2, 0.25) is 0 Å². The molecular formula is C15H15NO. The lowest BCUT2D eigenvalue weighted by Gasteiger charge is -2.04. The van der Waals surface area contributed by atoms with E-state index in [-0.39, 0.29) is 0 Å².